The van der Waals surface area contributed by atoms with Crippen LogP contribution in [0.15, 0.2) is 6.33 Å². The molecular weight excluding hydrogens is 233 g/mol. The zero-order valence-corrected chi connectivity index (χ0v) is 7.07. The van der Waals surface area contributed by atoms with Crippen molar-refractivity contribution in [3.63, 3.8) is 0 Å². The van der Waals surface area contributed by atoms with Gasteiger partial charge in [0, 0.05) is 7.05 Å². The van der Waals surface area contributed by atoms with Crippen LogP contribution in [0.5, 0.6) is 0 Å². The molecule has 50 valence electrons. The lowest BCUT2D eigenvalue weighted by molar-refractivity contribution is 0.401. The average Bonchev–Trinajstić information content (AvgIpc) is 2.17. The van der Waals surface area contributed by atoms with Crippen molar-refractivity contribution in [2.75, 3.05) is 0 Å². The van der Waals surface area contributed by atoms with E-state index >= 15 is 0 Å². The van der Waals surface area contributed by atoms with Crippen molar-refractivity contribution in [3.05, 3.63) is 12.2 Å². The van der Waals surface area contributed by atoms with Gasteiger partial charge >= 0.3 is 0 Å². The Balaban J connectivity index is 2.61. The van der Waals surface area contributed by atoms with E-state index in [0.717, 1.165) is 0 Å². The summed E-state index contributed by atoms with van der Waals surface area (Å²) in [6.07, 6.45) is 1.64. The highest BCUT2D eigenvalue weighted by Gasteiger charge is 1.94. The zero-order valence-electron chi connectivity index (χ0n) is 4.91. The fraction of sp³-hybridized carbons (Fsp3) is 0.500. The minimum absolute atomic E-state index is 0.474. The summed E-state index contributed by atoms with van der Waals surface area (Å²) in [6, 6.07) is 0. The quantitative estimate of drug-likeness (QED) is 0.712. The molecule has 1 heterocycles. The standard InChI is InChI=1S/C4H6IN3O/c1-8-3-6-4(7-8)2-9-5/h3H,2H2,1H3. The highest BCUT2D eigenvalue weighted by atomic mass is 127. The van der Waals surface area contributed by atoms with Gasteiger partial charge in [-0.15, -0.1) is 0 Å². The maximum Gasteiger partial charge on any atom is 0.177 e. The van der Waals surface area contributed by atoms with E-state index in [9.17, 15) is 0 Å². The molecule has 4 nitrogen and oxygen atoms in total. The first-order chi connectivity index (χ1) is 4.33. The molecule has 1 aromatic heterocycles. The SMILES string of the molecule is Cn1cnc(COI)n1. The number of hydrogen-bond donors (Lipinski definition) is 0. The van der Waals surface area contributed by atoms with Crippen molar-refractivity contribution < 1.29 is 3.07 Å². The van der Waals surface area contributed by atoms with Gasteiger partial charge in [0.2, 0.25) is 0 Å². The molecule has 0 saturated carbocycles. The predicted molar refractivity (Wildman–Crippen MR) is 39.8 cm³/mol. The fourth-order valence-electron chi connectivity index (χ4n) is 0.499. The van der Waals surface area contributed by atoms with Gasteiger partial charge in [0.05, 0.1) is 0 Å². The highest BCUT2D eigenvalue weighted by molar-refractivity contribution is 14.1. The van der Waals surface area contributed by atoms with Crippen molar-refractivity contribution in [3.8, 4) is 0 Å². The summed E-state index contributed by atoms with van der Waals surface area (Å²) in [6.45, 7) is 0.474. The van der Waals surface area contributed by atoms with E-state index in [2.05, 4.69) is 10.1 Å². The molecule has 9 heavy (non-hydrogen) atoms. The van der Waals surface area contributed by atoms with Crippen molar-refractivity contribution in [2.45, 2.75) is 6.61 Å². The Morgan fingerprint density at radius 2 is 2.67 bits per heavy atom. The van der Waals surface area contributed by atoms with Crippen LogP contribution in [0, 0.1) is 0 Å². The molecule has 0 spiro atoms. The summed E-state index contributed by atoms with van der Waals surface area (Å²) in [5.74, 6) is 0.715. The first-order valence-corrected chi connectivity index (χ1v) is 3.29. The van der Waals surface area contributed by atoms with Crippen LogP contribution in [0.25, 0.3) is 0 Å². The molecule has 0 saturated heterocycles. The summed E-state index contributed by atoms with van der Waals surface area (Å²) < 4.78 is 6.42. The number of hydrogen-bond acceptors (Lipinski definition) is 3. The molecule has 0 aliphatic heterocycles. The number of aryl methyl sites for hydroxylation is 1. The van der Waals surface area contributed by atoms with Gasteiger partial charge in [0.15, 0.2) is 5.82 Å². The topological polar surface area (TPSA) is 39.9 Å². The molecule has 0 aliphatic carbocycles. The van der Waals surface area contributed by atoms with E-state index < -0.39 is 0 Å². The normalized spacial score (nSPS) is 10.0. The van der Waals surface area contributed by atoms with Gasteiger partial charge in [-0.3, -0.25) is 4.68 Å². The lowest BCUT2D eigenvalue weighted by Crippen LogP contribution is -1.90. The average molecular weight is 239 g/mol. The fourth-order valence-corrected chi connectivity index (χ4v) is 0.777. The van der Waals surface area contributed by atoms with Crippen molar-refractivity contribution in [1.29, 1.82) is 0 Å². The van der Waals surface area contributed by atoms with E-state index in [1.54, 1.807) is 11.0 Å². The summed E-state index contributed by atoms with van der Waals surface area (Å²) in [7, 11) is 1.82. The van der Waals surface area contributed by atoms with Gasteiger partial charge in [-0.1, -0.05) is 0 Å². The molecule has 1 rings (SSSR count). The number of rotatable bonds is 2. The van der Waals surface area contributed by atoms with E-state index in [-0.39, 0.29) is 0 Å². The second-order valence-electron chi connectivity index (χ2n) is 1.59. The largest absolute Gasteiger partial charge is 0.308 e. The molecule has 0 unspecified atom stereocenters. The first-order valence-electron chi connectivity index (χ1n) is 2.41. The Kier molecular flexibility index (Phi) is 2.40. The van der Waals surface area contributed by atoms with E-state index in [0.29, 0.717) is 12.4 Å². The zero-order chi connectivity index (χ0) is 6.69. The molecule has 0 amide bonds. The molecule has 0 bridgehead atoms. The Morgan fingerprint density at radius 3 is 3.11 bits per heavy atom. The second-order valence-corrected chi connectivity index (χ2v) is 2.21. The van der Waals surface area contributed by atoms with E-state index in [4.69, 9.17) is 3.07 Å². The maximum atomic E-state index is 4.77. The van der Waals surface area contributed by atoms with Gasteiger partial charge in [0.25, 0.3) is 0 Å². The molecule has 1 aromatic rings. The Hall–Kier alpha value is -0.170. The molecule has 0 aromatic carbocycles. The lowest BCUT2D eigenvalue weighted by atomic mass is 10.7. The second kappa shape index (κ2) is 3.11. The minimum Gasteiger partial charge on any atom is -0.308 e. The third-order valence-electron chi connectivity index (χ3n) is 0.831. The maximum absolute atomic E-state index is 4.77. The van der Waals surface area contributed by atoms with Crippen LogP contribution < -0.4 is 0 Å². The number of nitrogens with zero attached hydrogens (tertiary/aromatic N) is 3. The van der Waals surface area contributed by atoms with Crippen molar-refractivity contribution in [2.24, 2.45) is 7.05 Å². The smallest absolute Gasteiger partial charge is 0.177 e. The lowest BCUT2D eigenvalue weighted by Gasteiger charge is -1.85. The highest BCUT2D eigenvalue weighted by Crippen LogP contribution is 1.94. The Bertz CT molecular complexity index is 188. The van der Waals surface area contributed by atoms with Crippen LogP contribution >= 0.6 is 23.0 Å². The van der Waals surface area contributed by atoms with Crippen LogP contribution in [0.2, 0.25) is 0 Å². The van der Waals surface area contributed by atoms with Crippen LogP contribution in [0.4, 0.5) is 0 Å². The van der Waals surface area contributed by atoms with Gasteiger partial charge in [0.1, 0.15) is 35.9 Å². The molecule has 0 N–H and O–H groups in total. The summed E-state index contributed by atoms with van der Waals surface area (Å²) in [4.78, 5) is 3.93. The first kappa shape index (κ1) is 6.94. The van der Waals surface area contributed by atoms with E-state index in [1.165, 1.54) is 0 Å². The van der Waals surface area contributed by atoms with Crippen molar-refractivity contribution >= 4 is 23.0 Å². The predicted octanol–water partition coefficient (Wildman–Crippen LogP) is 0.682. The molecule has 0 atom stereocenters. The summed E-state index contributed by atoms with van der Waals surface area (Å²) in [5.41, 5.74) is 0. The summed E-state index contributed by atoms with van der Waals surface area (Å²) in [5, 5.41) is 3.98. The molecule has 5 heteroatoms. The molecule has 0 aliphatic rings. The molecular formula is C4H6IN3O. The summed E-state index contributed by atoms with van der Waals surface area (Å²) >= 11 is 1.81. The number of aromatic nitrogens is 3. The van der Waals surface area contributed by atoms with Gasteiger partial charge < -0.3 is 3.07 Å². The van der Waals surface area contributed by atoms with Crippen LogP contribution in [-0.4, -0.2) is 14.8 Å². The van der Waals surface area contributed by atoms with Crippen LogP contribution in [0.1, 0.15) is 5.82 Å². The van der Waals surface area contributed by atoms with Gasteiger partial charge in [-0.25, -0.2) is 4.98 Å². The van der Waals surface area contributed by atoms with Crippen LogP contribution in [-0.2, 0) is 16.7 Å². The van der Waals surface area contributed by atoms with Crippen LogP contribution in [0.3, 0.4) is 0 Å². The molecule has 0 fully saturated rings. The van der Waals surface area contributed by atoms with Gasteiger partial charge in [-0.2, -0.15) is 5.10 Å². The van der Waals surface area contributed by atoms with E-state index in [1.807, 2.05) is 30.1 Å². The minimum atomic E-state index is 0.474. The van der Waals surface area contributed by atoms with Crippen molar-refractivity contribution in [1.82, 2.24) is 14.8 Å². The monoisotopic (exact) mass is 239 g/mol. The number of halogens is 1. The Labute approximate surface area is 66.9 Å². The molecule has 0 radical (unpaired) electrons. The van der Waals surface area contributed by atoms with Gasteiger partial charge in [-0.05, 0) is 0 Å². The Morgan fingerprint density at radius 1 is 1.89 bits per heavy atom. The third kappa shape index (κ3) is 1.90. The third-order valence-corrected chi connectivity index (χ3v) is 1.14.